The minimum absolute atomic E-state index is 0.00266. The molecule has 0 fully saturated rings. The highest BCUT2D eigenvalue weighted by molar-refractivity contribution is 5.94. The second-order valence-electron chi connectivity index (χ2n) is 5.33. The molecular formula is C12H22N4O. The van der Waals surface area contributed by atoms with Gasteiger partial charge in [0.2, 0.25) is 0 Å². The van der Waals surface area contributed by atoms with Crippen molar-refractivity contribution in [2.45, 2.75) is 20.8 Å². The topological polar surface area (TPSA) is 64.2 Å². The molecule has 0 atom stereocenters. The van der Waals surface area contributed by atoms with E-state index in [4.69, 9.17) is 5.73 Å². The van der Waals surface area contributed by atoms with E-state index in [1.165, 1.54) is 0 Å². The first-order chi connectivity index (χ1) is 7.76. The molecule has 5 heteroatoms. The summed E-state index contributed by atoms with van der Waals surface area (Å²) in [6, 6.07) is 0. The maximum Gasteiger partial charge on any atom is 0.257 e. The number of hydrogen-bond donors (Lipinski definition) is 1. The van der Waals surface area contributed by atoms with E-state index >= 15 is 0 Å². The normalized spacial score (nSPS) is 11.6. The number of nitrogens with zero attached hydrogens (tertiary/aromatic N) is 3. The van der Waals surface area contributed by atoms with Crippen LogP contribution in [0, 0.1) is 12.3 Å². The first-order valence-electron chi connectivity index (χ1n) is 5.72. The van der Waals surface area contributed by atoms with Gasteiger partial charge in [-0.15, -0.1) is 0 Å². The Kier molecular flexibility index (Phi) is 3.93. The van der Waals surface area contributed by atoms with Gasteiger partial charge in [0.1, 0.15) is 0 Å². The van der Waals surface area contributed by atoms with Crippen LogP contribution in [-0.2, 0) is 7.05 Å². The highest BCUT2D eigenvalue weighted by Gasteiger charge is 2.23. The lowest BCUT2D eigenvalue weighted by Crippen LogP contribution is -2.39. The molecular weight excluding hydrogens is 216 g/mol. The van der Waals surface area contributed by atoms with E-state index in [1.807, 2.05) is 27.8 Å². The Labute approximate surface area is 103 Å². The van der Waals surface area contributed by atoms with Crippen LogP contribution in [0.5, 0.6) is 0 Å². The van der Waals surface area contributed by atoms with Crippen molar-refractivity contribution in [2.75, 3.05) is 20.1 Å². The number of rotatable bonds is 4. The average molecular weight is 238 g/mol. The van der Waals surface area contributed by atoms with E-state index in [9.17, 15) is 4.79 Å². The Hall–Kier alpha value is -1.36. The number of hydrogen-bond acceptors (Lipinski definition) is 3. The standard InChI is InChI=1S/C12H22N4O/c1-9-10(6-16(5)14-9)11(17)15(4)8-12(2,3)7-13/h6H,7-8,13H2,1-5H3. The number of carbonyl (C=O) groups is 1. The van der Waals surface area contributed by atoms with E-state index < -0.39 is 0 Å². The van der Waals surface area contributed by atoms with E-state index in [1.54, 1.807) is 22.8 Å². The van der Waals surface area contributed by atoms with Gasteiger partial charge < -0.3 is 10.6 Å². The molecule has 0 saturated carbocycles. The van der Waals surface area contributed by atoms with Crippen LogP contribution >= 0.6 is 0 Å². The summed E-state index contributed by atoms with van der Waals surface area (Å²) in [6.45, 7) is 7.13. The predicted molar refractivity (Wildman–Crippen MR) is 67.7 cm³/mol. The molecule has 0 unspecified atom stereocenters. The predicted octanol–water partition coefficient (Wildman–Crippen LogP) is 0.785. The first kappa shape index (κ1) is 13.7. The Morgan fingerprint density at radius 1 is 1.59 bits per heavy atom. The molecule has 1 heterocycles. The number of nitrogens with two attached hydrogens (primary N) is 1. The zero-order valence-electron chi connectivity index (χ0n) is 11.3. The molecule has 1 rings (SSSR count). The van der Waals surface area contributed by atoms with Gasteiger partial charge in [-0.3, -0.25) is 9.48 Å². The summed E-state index contributed by atoms with van der Waals surface area (Å²) in [7, 11) is 3.61. The van der Waals surface area contributed by atoms with E-state index in [0.717, 1.165) is 5.69 Å². The minimum Gasteiger partial charge on any atom is -0.341 e. The first-order valence-corrected chi connectivity index (χ1v) is 5.72. The SMILES string of the molecule is Cc1nn(C)cc1C(=O)N(C)CC(C)(C)CN. The van der Waals surface area contributed by atoms with Crippen LogP contribution in [-0.4, -0.2) is 40.7 Å². The Balaban J connectivity index is 2.80. The van der Waals surface area contributed by atoms with Crippen LogP contribution in [0.4, 0.5) is 0 Å². The molecule has 0 aliphatic rings. The van der Waals surface area contributed by atoms with Gasteiger partial charge in [-0.2, -0.15) is 5.10 Å². The molecule has 2 N–H and O–H groups in total. The Morgan fingerprint density at radius 2 is 2.18 bits per heavy atom. The lowest BCUT2D eigenvalue weighted by molar-refractivity contribution is 0.0740. The second-order valence-corrected chi connectivity index (χ2v) is 5.33. The molecule has 0 aliphatic heterocycles. The van der Waals surface area contributed by atoms with Crippen LogP contribution in [0.3, 0.4) is 0 Å². The van der Waals surface area contributed by atoms with Gasteiger partial charge in [0.25, 0.3) is 5.91 Å². The van der Waals surface area contributed by atoms with Gasteiger partial charge in [0, 0.05) is 26.8 Å². The molecule has 1 amide bonds. The highest BCUT2D eigenvalue weighted by Crippen LogP contribution is 2.16. The molecule has 17 heavy (non-hydrogen) atoms. The summed E-state index contributed by atoms with van der Waals surface area (Å²) < 4.78 is 1.66. The highest BCUT2D eigenvalue weighted by atomic mass is 16.2. The largest absolute Gasteiger partial charge is 0.341 e. The number of amides is 1. The molecule has 96 valence electrons. The Bertz CT molecular complexity index is 409. The van der Waals surface area contributed by atoms with Gasteiger partial charge in [-0.1, -0.05) is 13.8 Å². The van der Waals surface area contributed by atoms with Crippen molar-refractivity contribution in [1.29, 1.82) is 0 Å². The van der Waals surface area contributed by atoms with Gasteiger partial charge in [-0.05, 0) is 18.9 Å². The van der Waals surface area contributed by atoms with Crippen molar-refractivity contribution >= 4 is 5.91 Å². The third-order valence-corrected chi connectivity index (χ3v) is 2.81. The molecule has 1 aromatic rings. The number of aryl methyl sites for hydroxylation is 2. The summed E-state index contributed by atoms with van der Waals surface area (Å²) in [4.78, 5) is 13.9. The van der Waals surface area contributed by atoms with Crippen LogP contribution in [0.1, 0.15) is 29.9 Å². The zero-order chi connectivity index (χ0) is 13.2. The summed E-state index contributed by atoms with van der Waals surface area (Å²) >= 11 is 0. The van der Waals surface area contributed by atoms with Gasteiger partial charge in [0.15, 0.2) is 0 Å². The van der Waals surface area contributed by atoms with Gasteiger partial charge in [0.05, 0.1) is 11.3 Å². The lowest BCUT2D eigenvalue weighted by Gasteiger charge is -2.28. The Morgan fingerprint density at radius 3 is 2.59 bits per heavy atom. The van der Waals surface area contributed by atoms with Crippen LogP contribution in [0.15, 0.2) is 6.20 Å². The van der Waals surface area contributed by atoms with Crippen LogP contribution < -0.4 is 5.73 Å². The quantitative estimate of drug-likeness (QED) is 0.843. The fourth-order valence-corrected chi connectivity index (χ4v) is 1.79. The molecule has 5 nitrogen and oxygen atoms in total. The molecule has 0 spiro atoms. The fourth-order valence-electron chi connectivity index (χ4n) is 1.79. The van der Waals surface area contributed by atoms with Crippen LogP contribution in [0.2, 0.25) is 0 Å². The minimum atomic E-state index is -0.0689. The maximum absolute atomic E-state index is 12.2. The van der Waals surface area contributed by atoms with Crippen molar-refractivity contribution in [3.05, 3.63) is 17.5 Å². The molecule has 0 saturated heterocycles. The van der Waals surface area contributed by atoms with Crippen molar-refractivity contribution < 1.29 is 4.79 Å². The van der Waals surface area contributed by atoms with Crippen molar-refractivity contribution in [3.63, 3.8) is 0 Å². The van der Waals surface area contributed by atoms with Crippen LogP contribution in [0.25, 0.3) is 0 Å². The molecule has 0 radical (unpaired) electrons. The molecule has 1 aromatic heterocycles. The van der Waals surface area contributed by atoms with E-state index in [2.05, 4.69) is 5.10 Å². The lowest BCUT2D eigenvalue weighted by atomic mass is 9.93. The number of carbonyl (C=O) groups excluding carboxylic acids is 1. The maximum atomic E-state index is 12.2. The third-order valence-electron chi connectivity index (χ3n) is 2.81. The van der Waals surface area contributed by atoms with Crippen molar-refractivity contribution in [2.24, 2.45) is 18.2 Å². The van der Waals surface area contributed by atoms with Gasteiger partial charge in [-0.25, -0.2) is 0 Å². The zero-order valence-corrected chi connectivity index (χ0v) is 11.3. The summed E-state index contributed by atoms with van der Waals surface area (Å²) in [6.07, 6.45) is 1.75. The second kappa shape index (κ2) is 4.87. The van der Waals surface area contributed by atoms with E-state index in [-0.39, 0.29) is 11.3 Å². The summed E-state index contributed by atoms with van der Waals surface area (Å²) in [5, 5.41) is 4.18. The molecule has 0 aromatic carbocycles. The molecule has 0 bridgehead atoms. The van der Waals surface area contributed by atoms with E-state index in [0.29, 0.717) is 18.7 Å². The van der Waals surface area contributed by atoms with Gasteiger partial charge >= 0.3 is 0 Å². The number of aromatic nitrogens is 2. The molecule has 0 aliphatic carbocycles. The fraction of sp³-hybridized carbons (Fsp3) is 0.667. The monoisotopic (exact) mass is 238 g/mol. The van der Waals surface area contributed by atoms with Crippen molar-refractivity contribution in [1.82, 2.24) is 14.7 Å². The summed E-state index contributed by atoms with van der Waals surface area (Å²) in [5.74, 6) is -0.00266. The average Bonchev–Trinajstić information content (AvgIpc) is 2.56. The van der Waals surface area contributed by atoms with Crippen molar-refractivity contribution in [3.8, 4) is 0 Å². The third kappa shape index (κ3) is 3.30. The smallest absolute Gasteiger partial charge is 0.257 e. The summed E-state index contributed by atoms with van der Waals surface area (Å²) in [5.41, 5.74) is 7.02.